The van der Waals surface area contributed by atoms with E-state index in [-0.39, 0.29) is 5.41 Å². The largest absolute Gasteiger partial charge is 0.310 e. The van der Waals surface area contributed by atoms with Crippen molar-refractivity contribution < 1.29 is 0 Å². The molecular weight excluding hydrogens is 723 g/mol. The van der Waals surface area contributed by atoms with E-state index < -0.39 is 0 Å². The number of anilines is 3. The molecule has 278 valence electrons. The van der Waals surface area contributed by atoms with Crippen molar-refractivity contribution in [3.05, 3.63) is 247 Å². The Hall–Kier alpha value is -7.74. The molecule has 0 aliphatic heterocycles. The van der Waals surface area contributed by atoms with Gasteiger partial charge in [-0.1, -0.05) is 182 Å². The molecule has 13 rings (SSSR count). The molecule has 0 aromatic heterocycles. The monoisotopic (exact) mass is 759 g/mol. The minimum absolute atomic E-state index is 0.388. The molecule has 0 bridgehead atoms. The quantitative estimate of drug-likeness (QED) is 0.162. The summed E-state index contributed by atoms with van der Waals surface area (Å²) in [5.74, 6) is 0. The number of nitrogens with zero attached hydrogens (tertiary/aromatic N) is 1. The molecular formula is C59H37N. The van der Waals surface area contributed by atoms with Crippen molar-refractivity contribution in [1.29, 1.82) is 0 Å². The van der Waals surface area contributed by atoms with E-state index in [4.69, 9.17) is 0 Å². The molecule has 0 amide bonds. The maximum atomic E-state index is 2.47. The second-order valence-corrected chi connectivity index (χ2v) is 16.4. The van der Waals surface area contributed by atoms with Gasteiger partial charge in [0.25, 0.3) is 0 Å². The molecule has 0 N–H and O–H groups in total. The van der Waals surface area contributed by atoms with Gasteiger partial charge in [0.05, 0.1) is 5.41 Å². The molecule has 2 aliphatic carbocycles. The van der Waals surface area contributed by atoms with Crippen molar-refractivity contribution in [2.75, 3.05) is 4.90 Å². The molecule has 0 atom stereocenters. The molecule has 1 heteroatoms. The first kappa shape index (κ1) is 33.3. The standard InChI is InChI=1S/C59H37N/c1-2-15-39-34-41(29-28-38(39)14-1)40-16-13-17-42(35-40)60(43-30-32-49-47-20-4-3-18-45(47)46-19-5-6-21-48(46)53(49)36-43)44-31-33-58-54(37-44)52-24-9-12-27-57(52)59(58)55-25-10-7-22-50(55)51-23-8-11-26-56(51)59/h1-37H. The second kappa shape index (κ2) is 12.6. The van der Waals surface area contributed by atoms with Crippen LogP contribution in [0.2, 0.25) is 0 Å². The molecule has 0 saturated heterocycles. The maximum absolute atomic E-state index is 2.47. The minimum atomic E-state index is -0.388. The van der Waals surface area contributed by atoms with Crippen molar-refractivity contribution in [2.24, 2.45) is 0 Å². The molecule has 0 fully saturated rings. The van der Waals surface area contributed by atoms with Crippen molar-refractivity contribution in [1.82, 2.24) is 0 Å². The van der Waals surface area contributed by atoms with Gasteiger partial charge in [-0.3, -0.25) is 0 Å². The third-order valence-corrected chi connectivity index (χ3v) is 13.4. The summed E-state index contributed by atoms with van der Waals surface area (Å²) >= 11 is 0. The van der Waals surface area contributed by atoms with Crippen molar-refractivity contribution in [2.45, 2.75) is 5.41 Å². The number of fused-ring (bicyclic) bond motifs is 17. The first-order chi connectivity index (χ1) is 29.8. The van der Waals surface area contributed by atoms with Gasteiger partial charge < -0.3 is 4.90 Å². The molecule has 1 nitrogen and oxygen atoms in total. The van der Waals surface area contributed by atoms with Crippen LogP contribution in [0.4, 0.5) is 17.1 Å². The van der Waals surface area contributed by atoms with Crippen LogP contribution >= 0.6 is 0 Å². The van der Waals surface area contributed by atoms with Gasteiger partial charge in [-0.15, -0.1) is 0 Å². The normalized spacial score (nSPS) is 13.1. The molecule has 11 aromatic rings. The van der Waals surface area contributed by atoms with E-state index in [1.807, 2.05) is 0 Å². The summed E-state index contributed by atoms with van der Waals surface area (Å²) in [6.07, 6.45) is 0. The topological polar surface area (TPSA) is 3.24 Å². The second-order valence-electron chi connectivity index (χ2n) is 16.4. The predicted molar refractivity (Wildman–Crippen MR) is 253 cm³/mol. The van der Waals surface area contributed by atoms with E-state index in [0.717, 1.165) is 17.1 Å². The molecule has 2 aliphatic rings. The number of hydrogen-bond donors (Lipinski definition) is 0. The van der Waals surface area contributed by atoms with Crippen LogP contribution in [0, 0.1) is 0 Å². The summed E-state index contributed by atoms with van der Waals surface area (Å²) in [5.41, 5.74) is 16.0. The smallest absolute Gasteiger partial charge is 0.0725 e. The zero-order valence-electron chi connectivity index (χ0n) is 32.8. The highest BCUT2D eigenvalue weighted by molar-refractivity contribution is 6.25. The van der Waals surface area contributed by atoms with Crippen LogP contribution in [-0.4, -0.2) is 0 Å². The highest BCUT2D eigenvalue weighted by Gasteiger charge is 2.51. The maximum Gasteiger partial charge on any atom is 0.0725 e. The Bertz CT molecular complexity index is 3490. The predicted octanol–water partition coefficient (Wildman–Crippen LogP) is 15.8. The van der Waals surface area contributed by atoms with Crippen molar-refractivity contribution >= 4 is 60.2 Å². The number of hydrogen-bond acceptors (Lipinski definition) is 1. The lowest BCUT2D eigenvalue weighted by atomic mass is 9.70. The molecule has 60 heavy (non-hydrogen) atoms. The van der Waals surface area contributed by atoms with Crippen LogP contribution in [0.25, 0.3) is 76.5 Å². The Balaban J connectivity index is 1.06. The summed E-state index contributed by atoms with van der Waals surface area (Å²) < 4.78 is 0. The van der Waals surface area contributed by atoms with E-state index in [0.29, 0.717) is 0 Å². The van der Waals surface area contributed by atoms with Crippen LogP contribution in [0.5, 0.6) is 0 Å². The van der Waals surface area contributed by atoms with Gasteiger partial charge in [0.15, 0.2) is 0 Å². The first-order valence-electron chi connectivity index (χ1n) is 20.9. The van der Waals surface area contributed by atoms with E-state index in [1.165, 1.54) is 98.7 Å². The average molecular weight is 760 g/mol. The Morgan fingerprint density at radius 1 is 0.250 bits per heavy atom. The third-order valence-electron chi connectivity index (χ3n) is 13.4. The van der Waals surface area contributed by atoms with E-state index in [9.17, 15) is 0 Å². The summed E-state index contributed by atoms with van der Waals surface area (Å²) in [6.45, 7) is 0. The summed E-state index contributed by atoms with van der Waals surface area (Å²) in [7, 11) is 0. The van der Waals surface area contributed by atoms with Gasteiger partial charge in [-0.25, -0.2) is 0 Å². The number of rotatable bonds is 4. The lowest BCUT2D eigenvalue weighted by molar-refractivity contribution is 0.794. The molecule has 1 spiro atoms. The van der Waals surface area contributed by atoms with Gasteiger partial charge in [0.2, 0.25) is 0 Å². The Morgan fingerprint density at radius 3 is 1.38 bits per heavy atom. The SMILES string of the molecule is c1cc(-c2ccc3ccccc3c2)cc(N(c2ccc3c(c2)-c2ccccc2C32c3ccccc3-c3ccccc32)c2ccc3c4ccccc4c4ccccc4c3c2)c1. The van der Waals surface area contributed by atoms with Crippen molar-refractivity contribution in [3.63, 3.8) is 0 Å². The number of benzene rings is 11. The summed E-state index contributed by atoms with van der Waals surface area (Å²) in [5, 5.41) is 10.1. The average Bonchev–Trinajstić information content (AvgIpc) is 3.79. The Morgan fingerprint density at radius 2 is 0.717 bits per heavy atom. The third kappa shape index (κ3) is 4.58. The molecule has 0 heterocycles. The summed E-state index contributed by atoms with van der Waals surface area (Å²) in [4.78, 5) is 2.47. The van der Waals surface area contributed by atoms with Crippen LogP contribution in [0.3, 0.4) is 0 Å². The van der Waals surface area contributed by atoms with Crippen LogP contribution < -0.4 is 4.90 Å². The molecule has 11 aromatic carbocycles. The fourth-order valence-electron chi connectivity index (χ4n) is 10.9. The fourth-order valence-corrected chi connectivity index (χ4v) is 10.9. The lowest BCUT2D eigenvalue weighted by Gasteiger charge is -2.31. The van der Waals surface area contributed by atoms with E-state index in [1.54, 1.807) is 0 Å². The zero-order valence-corrected chi connectivity index (χ0v) is 32.8. The minimum Gasteiger partial charge on any atom is -0.310 e. The Labute approximate surface area is 349 Å². The zero-order chi connectivity index (χ0) is 39.4. The van der Waals surface area contributed by atoms with Crippen LogP contribution in [-0.2, 0) is 5.41 Å². The van der Waals surface area contributed by atoms with Gasteiger partial charge in [-0.05, 0) is 141 Å². The van der Waals surface area contributed by atoms with Crippen LogP contribution in [0.1, 0.15) is 22.3 Å². The van der Waals surface area contributed by atoms with Gasteiger partial charge in [-0.2, -0.15) is 0 Å². The van der Waals surface area contributed by atoms with E-state index >= 15 is 0 Å². The van der Waals surface area contributed by atoms with Gasteiger partial charge in [0.1, 0.15) is 0 Å². The molecule has 0 radical (unpaired) electrons. The first-order valence-corrected chi connectivity index (χ1v) is 20.9. The van der Waals surface area contributed by atoms with E-state index in [2.05, 4.69) is 229 Å². The highest BCUT2D eigenvalue weighted by Crippen LogP contribution is 2.63. The van der Waals surface area contributed by atoms with Gasteiger partial charge in [0, 0.05) is 17.1 Å². The molecule has 0 unspecified atom stereocenters. The Kier molecular flexibility index (Phi) is 7.00. The van der Waals surface area contributed by atoms with Crippen LogP contribution in [0.15, 0.2) is 224 Å². The summed E-state index contributed by atoms with van der Waals surface area (Å²) in [6, 6.07) is 83.7. The fraction of sp³-hybridized carbons (Fsp3) is 0.0169. The molecule has 0 saturated carbocycles. The van der Waals surface area contributed by atoms with Crippen molar-refractivity contribution in [3.8, 4) is 33.4 Å². The highest BCUT2D eigenvalue weighted by atomic mass is 15.1. The van der Waals surface area contributed by atoms with Gasteiger partial charge >= 0.3 is 0 Å². The lowest BCUT2D eigenvalue weighted by Crippen LogP contribution is -2.25.